The zero-order valence-corrected chi connectivity index (χ0v) is 9.72. The number of imide groups is 1. The van der Waals surface area contributed by atoms with Gasteiger partial charge in [0.1, 0.15) is 0 Å². The lowest BCUT2D eigenvalue weighted by Gasteiger charge is -2.38. The SMILES string of the molecule is O=C(O)N1CC[C@@H](O)[C@H](N2C(=O)CSC2=O)C1. The lowest BCUT2D eigenvalue weighted by Crippen LogP contribution is -2.57. The summed E-state index contributed by atoms with van der Waals surface area (Å²) in [7, 11) is 0. The first-order valence-electron chi connectivity index (χ1n) is 5.15. The first-order valence-corrected chi connectivity index (χ1v) is 6.14. The van der Waals surface area contributed by atoms with E-state index in [9.17, 15) is 19.5 Å². The van der Waals surface area contributed by atoms with Gasteiger partial charge in [0.2, 0.25) is 5.91 Å². The maximum Gasteiger partial charge on any atom is 0.407 e. The van der Waals surface area contributed by atoms with Gasteiger partial charge in [-0.15, -0.1) is 0 Å². The lowest BCUT2D eigenvalue weighted by atomic mass is 10.0. The van der Waals surface area contributed by atoms with Crippen LogP contribution in [0.3, 0.4) is 0 Å². The average molecular weight is 260 g/mol. The molecule has 2 rings (SSSR count). The van der Waals surface area contributed by atoms with Crippen molar-refractivity contribution in [2.24, 2.45) is 0 Å². The predicted molar refractivity (Wildman–Crippen MR) is 58.7 cm³/mol. The highest BCUT2D eigenvalue weighted by Gasteiger charge is 2.42. The highest BCUT2D eigenvalue weighted by molar-refractivity contribution is 8.14. The standard InChI is InChI=1S/C9H12N2O5S/c12-6-1-2-10(8(14)15)3-5(6)11-7(13)4-17-9(11)16/h5-6,12H,1-4H2,(H,14,15)/t5-,6-/m1/s1. The molecular weight excluding hydrogens is 248 g/mol. The van der Waals surface area contributed by atoms with Gasteiger partial charge in [0, 0.05) is 13.1 Å². The Bertz CT molecular complexity index is 358. The number of aliphatic hydroxyl groups is 1. The van der Waals surface area contributed by atoms with Crippen LogP contribution in [0.25, 0.3) is 0 Å². The third kappa shape index (κ3) is 2.22. The van der Waals surface area contributed by atoms with Crippen LogP contribution in [0.4, 0.5) is 9.59 Å². The molecule has 0 aromatic heterocycles. The molecule has 7 nitrogen and oxygen atoms in total. The average Bonchev–Trinajstić information content (AvgIpc) is 2.59. The third-order valence-electron chi connectivity index (χ3n) is 2.93. The van der Waals surface area contributed by atoms with E-state index in [-0.39, 0.29) is 31.2 Å². The number of piperidine rings is 1. The van der Waals surface area contributed by atoms with Gasteiger partial charge >= 0.3 is 6.09 Å². The predicted octanol–water partition coefficient (Wildman–Crippen LogP) is -0.205. The normalized spacial score (nSPS) is 29.9. The van der Waals surface area contributed by atoms with Crippen molar-refractivity contribution in [2.45, 2.75) is 18.6 Å². The highest BCUT2D eigenvalue weighted by atomic mass is 32.2. The van der Waals surface area contributed by atoms with E-state index >= 15 is 0 Å². The number of nitrogens with zero attached hydrogens (tertiary/aromatic N) is 2. The molecule has 0 unspecified atom stereocenters. The molecule has 0 aliphatic carbocycles. The van der Waals surface area contributed by atoms with Crippen molar-refractivity contribution in [3.05, 3.63) is 0 Å². The maximum absolute atomic E-state index is 11.5. The van der Waals surface area contributed by atoms with Gasteiger partial charge in [-0.3, -0.25) is 14.5 Å². The summed E-state index contributed by atoms with van der Waals surface area (Å²) >= 11 is 0.879. The minimum Gasteiger partial charge on any atom is -0.465 e. The number of hydrogen-bond donors (Lipinski definition) is 2. The largest absolute Gasteiger partial charge is 0.465 e. The molecule has 8 heteroatoms. The molecule has 2 saturated heterocycles. The van der Waals surface area contributed by atoms with Crippen LogP contribution in [-0.4, -0.2) is 68.2 Å². The molecule has 3 amide bonds. The second kappa shape index (κ2) is 4.53. The molecule has 0 aromatic carbocycles. The van der Waals surface area contributed by atoms with Crippen molar-refractivity contribution in [2.75, 3.05) is 18.8 Å². The summed E-state index contributed by atoms with van der Waals surface area (Å²) in [5.74, 6) is -0.300. The molecule has 0 radical (unpaired) electrons. The minimum atomic E-state index is -1.10. The van der Waals surface area contributed by atoms with Gasteiger partial charge in [-0.05, 0) is 6.42 Å². The van der Waals surface area contributed by atoms with Crippen molar-refractivity contribution in [1.82, 2.24) is 9.80 Å². The Morgan fingerprint density at radius 2 is 2.12 bits per heavy atom. The van der Waals surface area contributed by atoms with Crippen LogP contribution in [0.5, 0.6) is 0 Å². The highest BCUT2D eigenvalue weighted by Crippen LogP contribution is 2.26. The van der Waals surface area contributed by atoms with Crippen LogP contribution in [0.15, 0.2) is 0 Å². The fourth-order valence-corrected chi connectivity index (χ4v) is 2.79. The lowest BCUT2D eigenvalue weighted by molar-refractivity contribution is -0.129. The summed E-state index contributed by atoms with van der Waals surface area (Å²) in [6.45, 7) is 0.199. The Morgan fingerprint density at radius 1 is 1.41 bits per heavy atom. The van der Waals surface area contributed by atoms with Gasteiger partial charge < -0.3 is 15.1 Å². The van der Waals surface area contributed by atoms with Gasteiger partial charge in [-0.1, -0.05) is 11.8 Å². The Morgan fingerprint density at radius 3 is 2.65 bits per heavy atom. The monoisotopic (exact) mass is 260 g/mol. The summed E-state index contributed by atoms with van der Waals surface area (Å²) in [6.07, 6.45) is -1.72. The third-order valence-corrected chi connectivity index (χ3v) is 3.77. The van der Waals surface area contributed by atoms with Crippen molar-refractivity contribution in [3.8, 4) is 0 Å². The van der Waals surface area contributed by atoms with E-state index in [2.05, 4.69) is 0 Å². The van der Waals surface area contributed by atoms with Crippen LogP contribution in [0.2, 0.25) is 0 Å². The quantitative estimate of drug-likeness (QED) is 0.677. The number of amides is 3. The van der Waals surface area contributed by atoms with E-state index in [1.165, 1.54) is 0 Å². The van der Waals surface area contributed by atoms with Crippen LogP contribution in [0.1, 0.15) is 6.42 Å². The topological polar surface area (TPSA) is 98.1 Å². The second-order valence-electron chi connectivity index (χ2n) is 3.97. The molecule has 0 bridgehead atoms. The number of carboxylic acid groups (broad SMARTS) is 1. The van der Waals surface area contributed by atoms with E-state index in [0.717, 1.165) is 21.6 Å². The van der Waals surface area contributed by atoms with E-state index in [1.807, 2.05) is 0 Å². The fourth-order valence-electron chi connectivity index (χ4n) is 2.03. The molecule has 0 aromatic rings. The van der Waals surface area contributed by atoms with Crippen LogP contribution in [0, 0.1) is 0 Å². The Hall–Kier alpha value is -1.28. The molecule has 2 atom stereocenters. The maximum atomic E-state index is 11.5. The van der Waals surface area contributed by atoms with Gasteiger partial charge in [-0.2, -0.15) is 0 Å². The number of thioether (sulfide) groups is 1. The van der Waals surface area contributed by atoms with E-state index in [4.69, 9.17) is 5.11 Å². The van der Waals surface area contributed by atoms with Crippen molar-refractivity contribution < 1.29 is 24.6 Å². The van der Waals surface area contributed by atoms with E-state index in [1.54, 1.807) is 0 Å². The molecule has 2 aliphatic rings. The smallest absolute Gasteiger partial charge is 0.407 e. The van der Waals surface area contributed by atoms with Gasteiger partial charge in [-0.25, -0.2) is 4.79 Å². The summed E-state index contributed by atoms with van der Waals surface area (Å²) in [4.78, 5) is 35.9. The number of likely N-dealkylation sites (tertiary alicyclic amines) is 1. The molecule has 0 saturated carbocycles. The van der Waals surface area contributed by atoms with Crippen molar-refractivity contribution in [1.29, 1.82) is 0 Å². The molecule has 2 heterocycles. The van der Waals surface area contributed by atoms with Crippen LogP contribution < -0.4 is 0 Å². The number of aliphatic hydroxyl groups excluding tert-OH is 1. The van der Waals surface area contributed by atoms with Gasteiger partial charge in [0.05, 0.1) is 17.9 Å². The molecule has 2 fully saturated rings. The number of carbonyl (C=O) groups excluding carboxylic acids is 2. The molecular formula is C9H12N2O5S. The minimum absolute atomic E-state index is 0.0193. The summed E-state index contributed by atoms with van der Waals surface area (Å²) < 4.78 is 0. The van der Waals surface area contributed by atoms with E-state index in [0.29, 0.717) is 0 Å². The molecule has 2 aliphatic heterocycles. The zero-order chi connectivity index (χ0) is 12.6. The number of carbonyl (C=O) groups is 3. The Balaban J connectivity index is 2.15. The zero-order valence-electron chi connectivity index (χ0n) is 8.90. The first kappa shape index (κ1) is 12.2. The molecule has 94 valence electrons. The van der Waals surface area contributed by atoms with Crippen LogP contribution in [-0.2, 0) is 4.79 Å². The number of rotatable bonds is 1. The number of hydrogen-bond acceptors (Lipinski definition) is 5. The Labute approximate surface area is 101 Å². The second-order valence-corrected chi connectivity index (χ2v) is 4.90. The summed E-state index contributed by atoms with van der Waals surface area (Å²) in [5.41, 5.74) is 0. The van der Waals surface area contributed by atoms with E-state index < -0.39 is 23.5 Å². The summed E-state index contributed by atoms with van der Waals surface area (Å²) in [6, 6.07) is -0.755. The first-order chi connectivity index (χ1) is 8.00. The van der Waals surface area contributed by atoms with Crippen molar-refractivity contribution >= 4 is 29.0 Å². The van der Waals surface area contributed by atoms with Gasteiger partial charge in [0.25, 0.3) is 5.24 Å². The molecule has 17 heavy (non-hydrogen) atoms. The summed E-state index contributed by atoms with van der Waals surface area (Å²) in [5, 5.41) is 18.2. The van der Waals surface area contributed by atoms with Gasteiger partial charge in [0.15, 0.2) is 0 Å². The molecule has 0 spiro atoms. The fraction of sp³-hybridized carbons (Fsp3) is 0.667. The van der Waals surface area contributed by atoms with Crippen molar-refractivity contribution in [3.63, 3.8) is 0 Å². The Kier molecular flexibility index (Phi) is 3.25. The molecule has 2 N–H and O–H groups in total. The van der Waals surface area contributed by atoms with Crippen LogP contribution >= 0.6 is 11.8 Å².